The van der Waals surface area contributed by atoms with Gasteiger partial charge in [0.1, 0.15) is 0 Å². The molecule has 15 heavy (non-hydrogen) atoms. The molecule has 1 aromatic heterocycles. The molecular formula is C12H10N2S. The van der Waals surface area contributed by atoms with E-state index in [4.69, 9.17) is 11.0 Å². The normalized spacial score (nSPS) is 9.80. The van der Waals surface area contributed by atoms with Crippen molar-refractivity contribution in [2.45, 2.75) is 6.42 Å². The molecule has 2 rings (SSSR count). The van der Waals surface area contributed by atoms with Crippen molar-refractivity contribution < 1.29 is 0 Å². The average molecular weight is 214 g/mol. The molecule has 3 heteroatoms. The summed E-state index contributed by atoms with van der Waals surface area (Å²) in [6.45, 7) is 0. The maximum atomic E-state index is 8.59. The monoisotopic (exact) mass is 214 g/mol. The molecule has 0 amide bonds. The summed E-state index contributed by atoms with van der Waals surface area (Å²) in [6, 6.07) is 13.9. The number of para-hydroxylation sites is 1. The van der Waals surface area contributed by atoms with Gasteiger partial charge in [0, 0.05) is 21.0 Å². The van der Waals surface area contributed by atoms with E-state index in [1.807, 2.05) is 36.4 Å². The number of rotatable bonds is 2. The second-order valence-electron chi connectivity index (χ2n) is 3.19. The van der Waals surface area contributed by atoms with Crippen LogP contribution in [0.1, 0.15) is 4.88 Å². The number of nitrogens with zero attached hydrogens (tertiary/aromatic N) is 1. The lowest BCUT2D eigenvalue weighted by molar-refractivity contribution is 1.32. The van der Waals surface area contributed by atoms with Crippen LogP contribution in [0.5, 0.6) is 0 Å². The summed E-state index contributed by atoms with van der Waals surface area (Å²) in [7, 11) is 0. The third kappa shape index (κ3) is 2.00. The van der Waals surface area contributed by atoms with Crippen molar-refractivity contribution in [2.75, 3.05) is 5.73 Å². The van der Waals surface area contributed by atoms with Gasteiger partial charge in [0.15, 0.2) is 0 Å². The second-order valence-corrected chi connectivity index (χ2v) is 4.36. The number of nitrogen functional groups attached to an aromatic ring is 1. The lowest BCUT2D eigenvalue weighted by Crippen LogP contribution is -1.86. The molecule has 1 heterocycles. The van der Waals surface area contributed by atoms with Crippen molar-refractivity contribution in [3.8, 4) is 16.5 Å². The van der Waals surface area contributed by atoms with E-state index in [0.29, 0.717) is 6.42 Å². The molecule has 0 spiro atoms. The highest BCUT2D eigenvalue weighted by Crippen LogP contribution is 2.31. The Balaban J connectivity index is 2.38. The summed E-state index contributed by atoms with van der Waals surface area (Å²) in [5.74, 6) is 0. The molecule has 0 aliphatic carbocycles. The Hall–Kier alpha value is -1.79. The third-order valence-electron chi connectivity index (χ3n) is 2.14. The summed E-state index contributed by atoms with van der Waals surface area (Å²) in [4.78, 5) is 2.20. The third-order valence-corrected chi connectivity index (χ3v) is 3.26. The second kappa shape index (κ2) is 4.16. The first-order chi connectivity index (χ1) is 7.31. The van der Waals surface area contributed by atoms with Crippen LogP contribution in [0.4, 0.5) is 5.69 Å². The number of thiophene rings is 1. The van der Waals surface area contributed by atoms with Crippen LogP contribution in [-0.2, 0) is 6.42 Å². The van der Waals surface area contributed by atoms with Crippen LogP contribution < -0.4 is 5.73 Å². The maximum absolute atomic E-state index is 8.59. The Bertz CT molecular complexity index is 508. The first kappa shape index (κ1) is 9.75. The SMILES string of the molecule is N#CCc1ccc(-c2ccccc2N)s1. The number of nitrogens with two attached hydrogens (primary N) is 1. The van der Waals surface area contributed by atoms with E-state index in [0.717, 1.165) is 21.0 Å². The van der Waals surface area contributed by atoms with Crippen LogP contribution >= 0.6 is 11.3 Å². The molecular weight excluding hydrogens is 204 g/mol. The number of benzene rings is 1. The van der Waals surface area contributed by atoms with Gasteiger partial charge in [-0.3, -0.25) is 0 Å². The average Bonchev–Trinajstić information content (AvgIpc) is 2.68. The number of nitriles is 1. The summed E-state index contributed by atoms with van der Waals surface area (Å²) < 4.78 is 0. The van der Waals surface area contributed by atoms with E-state index >= 15 is 0 Å². The summed E-state index contributed by atoms with van der Waals surface area (Å²) >= 11 is 1.62. The van der Waals surface area contributed by atoms with Crippen molar-refractivity contribution in [1.29, 1.82) is 5.26 Å². The standard InChI is InChI=1S/C12H10N2S/c13-8-7-9-5-6-12(15-9)10-3-1-2-4-11(10)14/h1-6H,7,14H2. The van der Waals surface area contributed by atoms with Crippen molar-refractivity contribution >= 4 is 17.0 Å². The van der Waals surface area contributed by atoms with Crippen molar-refractivity contribution in [1.82, 2.24) is 0 Å². The first-order valence-corrected chi connectivity index (χ1v) is 5.43. The smallest absolute Gasteiger partial charge is 0.0695 e. The Morgan fingerprint density at radius 1 is 1.20 bits per heavy atom. The zero-order chi connectivity index (χ0) is 10.7. The Morgan fingerprint density at radius 3 is 2.73 bits per heavy atom. The highest BCUT2D eigenvalue weighted by molar-refractivity contribution is 7.15. The minimum absolute atomic E-state index is 0.470. The molecule has 74 valence electrons. The van der Waals surface area contributed by atoms with Crippen molar-refractivity contribution in [3.63, 3.8) is 0 Å². The van der Waals surface area contributed by atoms with Gasteiger partial charge in [-0.15, -0.1) is 11.3 Å². The largest absolute Gasteiger partial charge is 0.398 e. The summed E-state index contributed by atoms with van der Waals surface area (Å²) in [6.07, 6.45) is 0.470. The topological polar surface area (TPSA) is 49.8 Å². The number of anilines is 1. The quantitative estimate of drug-likeness (QED) is 0.781. The minimum atomic E-state index is 0.470. The van der Waals surface area contributed by atoms with Gasteiger partial charge in [0.25, 0.3) is 0 Å². The predicted molar refractivity (Wildman–Crippen MR) is 63.5 cm³/mol. The molecule has 1 aromatic carbocycles. The van der Waals surface area contributed by atoms with E-state index < -0.39 is 0 Å². The van der Waals surface area contributed by atoms with Crippen LogP contribution in [0.2, 0.25) is 0 Å². The molecule has 0 radical (unpaired) electrons. The van der Waals surface area contributed by atoms with Crippen molar-refractivity contribution in [3.05, 3.63) is 41.3 Å². The predicted octanol–water partition coefficient (Wildman–Crippen LogP) is 3.06. The van der Waals surface area contributed by atoms with Gasteiger partial charge in [-0.25, -0.2) is 0 Å². The van der Waals surface area contributed by atoms with Gasteiger partial charge in [-0.05, 0) is 18.2 Å². The molecule has 0 fully saturated rings. The molecule has 0 bridgehead atoms. The van der Waals surface area contributed by atoms with E-state index in [-0.39, 0.29) is 0 Å². The molecule has 0 saturated carbocycles. The molecule has 2 N–H and O–H groups in total. The van der Waals surface area contributed by atoms with Gasteiger partial charge < -0.3 is 5.73 Å². The summed E-state index contributed by atoms with van der Waals surface area (Å²) in [5, 5.41) is 8.59. The Kier molecular flexibility index (Phi) is 2.70. The van der Waals surface area contributed by atoms with E-state index in [1.165, 1.54) is 0 Å². The number of hydrogen-bond donors (Lipinski definition) is 1. The van der Waals surface area contributed by atoms with Crippen LogP contribution in [0, 0.1) is 11.3 Å². The zero-order valence-electron chi connectivity index (χ0n) is 8.10. The fraction of sp³-hybridized carbons (Fsp3) is 0.0833. The van der Waals surface area contributed by atoms with E-state index in [9.17, 15) is 0 Å². The lowest BCUT2D eigenvalue weighted by Gasteiger charge is -2.00. The van der Waals surface area contributed by atoms with Gasteiger partial charge in [-0.1, -0.05) is 18.2 Å². The van der Waals surface area contributed by atoms with Crippen LogP contribution in [0.3, 0.4) is 0 Å². The van der Waals surface area contributed by atoms with Crippen LogP contribution in [0.15, 0.2) is 36.4 Å². The number of hydrogen-bond acceptors (Lipinski definition) is 3. The summed E-state index contributed by atoms with van der Waals surface area (Å²) in [5.41, 5.74) is 7.71. The van der Waals surface area contributed by atoms with Crippen LogP contribution in [-0.4, -0.2) is 0 Å². The molecule has 2 aromatic rings. The van der Waals surface area contributed by atoms with Gasteiger partial charge in [-0.2, -0.15) is 5.26 Å². The highest BCUT2D eigenvalue weighted by atomic mass is 32.1. The molecule has 0 aliphatic heterocycles. The highest BCUT2D eigenvalue weighted by Gasteiger charge is 2.04. The molecule has 2 nitrogen and oxygen atoms in total. The zero-order valence-corrected chi connectivity index (χ0v) is 8.92. The van der Waals surface area contributed by atoms with Gasteiger partial charge in [0.05, 0.1) is 12.5 Å². The molecule has 0 atom stereocenters. The van der Waals surface area contributed by atoms with Crippen LogP contribution in [0.25, 0.3) is 10.4 Å². The van der Waals surface area contributed by atoms with Gasteiger partial charge >= 0.3 is 0 Å². The fourth-order valence-corrected chi connectivity index (χ4v) is 2.40. The van der Waals surface area contributed by atoms with Gasteiger partial charge in [0.2, 0.25) is 0 Å². The lowest BCUT2D eigenvalue weighted by atomic mass is 10.1. The van der Waals surface area contributed by atoms with E-state index in [1.54, 1.807) is 11.3 Å². The van der Waals surface area contributed by atoms with Crippen molar-refractivity contribution in [2.24, 2.45) is 0 Å². The molecule has 0 aliphatic rings. The minimum Gasteiger partial charge on any atom is -0.398 e. The Morgan fingerprint density at radius 2 is 2.00 bits per heavy atom. The Labute approximate surface area is 92.6 Å². The van der Waals surface area contributed by atoms with E-state index in [2.05, 4.69) is 6.07 Å². The maximum Gasteiger partial charge on any atom is 0.0695 e. The first-order valence-electron chi connectivity index (χ1n) is 4.62. The molecule has 0 unspecified atom stereocenters. The fourth-order valence-electron chi connectivity index (χ4n) is 1.42. The molecule has 0 saturated heterocycles.